The van der Waals surface area contributed by atoms with Gasteiger partial charge in [0.05, 0.1) is 28.0 Å². The van der Waals surface area contributed by atoms with Gasteiger partial charge in [0.25, 0.3) is 0 Å². The van der Waals surface area contributed by atoms with Crippen molar-refractivity contribution in [3.8, 4) is 16.9 Å². The van der Waals surface area contributed by atoms with Crippen molar-refractivity contribution in [1.29, 1.82) is 0 Å². The Morgan fingerprint density at radius 3 is 2.62 bits per heavy atom. The predicted molar refractivity (Wildman–Crippen MR) is 111 cm³/mol. The predicted octanol–water partition coefficient (Wildman–Crippen LogP) is 3.45. The van der Waals surface area contributed by atoms with Crippen LogP contribution in [-0.4, -0.2) is 37.6 Å². The minimum absolute atomic E-state index is 0.0801. The van der Waals surface area contributed by atoms with Crippen LogP contribution in [0, 0.1) is 0 Å². The second-order valence-electron chi connectivity index (χ2n) is 7.48. The molecule has 2 aromatic carbocycles. The SMILES string of the molecule is O=c1c(-c2ccc(Cl)cc2)coc2c3c(ccc12)OCN(C1CCS(=O)(=O)C1)C3. The lowest BCUT2D eigenvalue weighted by Gasteiger charge is -2.33. The number of fused-ring (bicyclic) bond motifs is 3. The average molecular weight is 432 g/mol. The highest BCUT2D eigenvalue weighted by Crippen LogP contribution is 2.34. The van der Waals surface area contributed by atoms with E-state index in [2.05, 4.69) is 0 Å². The molecule has 1 unspecified atom stereocenters. The van der Waals surface area contributed by atoms with Gasteiger partial charge in [0.15, 0.2) is 9.84 Å². The number of sulfone groups is 1. The van der Waals surface area contributed by atoms with E-state index in [4.69, 9.17) is 20.8 Å². The van der Waals surface area contributed by atoms with Gasteiger partial charge in [-0.15, -0.1) is 0 Å². The normalized spacial score (nSPS) is 21.1. The summed E-state index contributed by atoms with van der Waals surface area (Å²) < 4.78 is 35.4. The third-order valence-electron chi connectivity index (χ3n) is 5.63. The Bertz CT molecular complexity index is 1270. The molecule has 0 bridgehead atoms. The second-order valence-corrected chi connectivity index (χ2v) is 10.1. The fourth-order valence-corrected chi connectivity index (χ4v) is 5.94. The van der Waals surface area contributed by atoms with Gasteiger partial charge in [-0.3, -0.25) is 9.69 Å². The Hall–Kier alpha value is -2.35. The first-order valence-corrected chi connectivity index (χ1v) is 11.5. The molecule has 0 amide bonds. The Morgan fingerprint density at radius 2 is 1.90 bits per heavy atom. The molecule has 1 atom stereocenters. The van der Waals surface area contributed by atoms with Gasteiger partial charge in [0.2, 0.25) is 5.43 Å². The van der Waals surface area contributed by atoms with Gasteiger partial charge in [-0.2, -0.15) is 0 Å². The van der Waals surface area contributed by atoms with E-state index >= 15 is 0 Å². The van der Waals surface area contributed by atoms with Crippen LogP contribution in [0.15, 0.2) is 51.9 Å². The van der Waals surface area contributed by atoms with Gasteiger partial charge >= 0.3 is 0 Å². The van der Waals surface area contributed by atoms with E-state index in [0.717, 1.165) is 11.1 Å². The third kappa shape index (κ3) is 3.33. The van der Waals surface area contributed by atoms with E-state index in [-0.39, 0.29) is 23.0 Å². The molecule has 2 aliphatic rings. The number of ether oxygens (including phenoxy) is 1. The maximum atomic E-state index is 13.1. The summed E-state index contributed by atoms with van der Waals surface area (Å²) in [6.07, 6.45) is 2.06. The lowest BCUT2D eigenvalue weighted by molar-refractivity contribution is 0.0649. The van der Waals surface area contributed by atoms with Crippen molar-refractivity contribution in [3.05, 3.63) is 63.5 Å². The number of rotatable bonds is 2. The minimum atomic E-state index is -2.99. The molecule has 3 aromatic rings. The molecule has 8 heteroatoms. The third-order valence-corrected chi connectivity index (χ3v) is 7.63. The molecular formula is C21H18ClNO5S. The largest absolute Gasteiger partial charge is 0.478 e. The van der Waals surface area contributed by atoms with Crippen molar-refractivity contribution in [1.82, 2.24) is 4.90 Å². The first kappa shape index (κ1) is 18.7. The van der Waals surface area contributed by atoms with Crippen molar-refractivity contribution in [3.63, 3.8) is 0 Å². The summed E-state index contributed by atoms with van der Waals surface area (Å²) in [5, 5.41) is 1.07. The van der Waals surface area contributed by atoms with E-state index in [9.17, 15) is 13.2 Å². The quantitative estimate of drug-likeness (QED) is 0.618. The van der Waals surface area contributed by atoms with Gasteiger partial charge in [-0.1, -0.05) is 23.7 Å². The summed E-state index contributed by atoms with van der Waals surface area (Å²) in [6, 6.07) is 10.4. The Morgan fingerprint density at radius 1 is 1.10 bits per heavy atom. The number of benzene rings is 2. The number of hydrogen-bond donors (Lipinski definition) is 0. The highest BCUT2D eigenvalue weighted by atomic mass is 35.5. The van der Waals surface area contributed by atoms with Crippen molar-refractivity contribution in [2.75, 3.05) is 18.2 Å². The standard InChI is InChI=1S/C21H18ClNO5S/c22-14-3-1-13(2-4-14)18-10-27-21-16(20(18)24)5-6-19-17(21)9-23(12-28-19)15-7-8-29(25,26)11-15/h1-6,10,15H,7-9,11-12H2. The molecule has 150 valence electrons. The minimum Gasteiger partial charge on any atom is -0.478 e. The first-order valence-electron chi connectivity index (χ1n) is 9.32. The molecule has 1 aromatic heterocycles. The van der Waals surface area contributed by atoms with Crippen molar-refractivity contribution >= 4 is 32.4 Å². The summed E-state index contributed by atoms with van der Waals surface area (Å²) in [5.41, 5.74) is 2.33. The molecule has 2 aliphatic heterocycles. The van der Waals surface area contributed by atoms with E-state index in [1.54, 1.807) is 36.4 Å². The van der Waals surface area contributed by atoms with Crippen molar-refractivity contribution in [2.24, 2.45) is 0 Å². The Labute approximate surface area is 172 Å². The zero-order chi connectivity index (χ0) is 20.2. The molecule has 0 spiro atoms. The molecule has 5 rings (SSSR count). The van der Waals surface area contributed by atoms with Gasteiger partial charge in [0, 0.05) is 17.6 Å². The van der Waals surface area contributed by atoms with E-state index in [1.807, 2.05) is 4.90 Å². The summed E-state index contributed by atoms with van der Waals surface area (Å²) in [5.74, 6) is 1.01. The summed E-state index contributed by atoms with van der Waals surface area (Å²) in [4.78, 5) is 15.1. The molecule has 0 aliphatic carbocycles. The maximum absolute atomic E-state index is 13.1. The molecule has 1 saturated heterocycles. The number of halogens is 1. The van der Waals surface area contributed by atoms with Crippen LogP contribution >= 0.6 is 11.6 Å². The van der Waals surface area contributed by atoms with E-state index < -0.39 is 9.84 Å². The smallest absolute Gasteiger partial charge is 0.200 e. The summed E-state index contributed by atoms with van der Waals surface area (Å²) >= 11 is 5.94. The Balaban J connectivity index is 1.55. The molecule has 1 fully saturated rings. The number of nitrogens with zero attached hydrogens (tertiary/aromatic N) is 1. The first-order chi connectivity index (χ1) is 13.9. The molecule has 29 heavy (non-hydrogen) atoms. The average Bonchev–Trinajstić information content (AvgIpc) is 3.08. The van der Waals surface area contributed by atoms with Crippen LogP contribution in [0.2, 0.25) is 5.02 Å². The zero-order valence-corrected chi connectivity index (χ0v) is 17.0. The van der Waals surface area contributed by atoms with Crippen LogP contribution in [-0.2, 0) is 16.4 Å². The van der Waals surface area contributed by atoms with E-state index in [0.29, 0.717) is 47.0 Å². The lowest BCUT2D eigenvalue weighted by atomic mass is 10.0. The number of hydrogen-bond acceptors (Lipinski definition) is 6. The van der Waals surface area contributed by atoms with Gasteiger partial charge in [0.1, 0.15) is 24.3 Å². The molecule has 3 heterocycles. The van der Waals surface area contributed by atoms with Crippen LogP contribution in [0.25, 0.3) is 22.1 Å². The van der Waals surface area contributed by atoms with Crippen LogP contribution in [0.5, 0.6) is 5.75 Å². The van der Waals surface area contributed by atoms with Crippen molar-refractivity contribution in [2.45, 2.75) is 19.0 Å². The summed E-state index contributed by atoms with van der Waals surface area (Å²) in [6.45, 7) is 0.807. The highest BCUT2D eigenvalue weighted by molar-refractivity contribution is 7.91. The maximum Gasteiger partial charge on any atom is 0.200 e. The topological polar surface area (TPSA) is 76.8 Å². The molecule has 6 nitrogen and oxygen atoms in total. The van der Waals surface area contributed by atoms with Crippen molar-refractivity contribution < 1.29 is 17.6 Å². The lowest BCUT2D eigenvalue weighted by Crippen LogP contribution is -2.41. The van der Waals surface area contributed by atoms with Crippen LogP contribution < -0.4 is 10.2 Å². The van der Waals surface area contributed by atoms with Gasteiger partial charge in [-0.05, 0) is 36.2 Å². The monoisotopic (exact) mass is 431 g/mol. The fraction of sp³-hybridized carbons (Fsp3) is 0.286. The second kappa shape index (κ2) is 6.86. The molecule has 0 saturated carbocycles. The molecular weight excluding hydrogens is 414 g/mol. The van der Waals surface area contributed by atoms with Crippen LogP contribution in [0.4, 0.5) is 0 Å². The van der Waals surface area contributed by atoms with Crippen LogP contribution in [0.3, 0.4) is 0 Å². The van der Waals surface area contributed by atoms with Gasteiger partial charge < -0.3 is 9.15 Å². The Kier molecular flexibility index (Phi) is 4.42. The summed E-state index contributed by atoms with van der Waals surface area (Å²) in [7, 11) is -2.99. The van der Waals surface area contributed by atoms with Gasteiger partial charge in [-0.25, -0.2) is 8.42 Å². The fourth-order valence-electron chi connectivity index (χ4n) is 4.05. The highest BCUT2D eigenvalue weighted by Gasteiger charge is 2.35. The van der Waals surface area contributed by atoms with Crippen LogP contribution in [0.1, 0.15) is 12.0 Å². The molecule has 0 radical (unpaired) electrons. The van der Waals surface area contributed by atoms with E-state index in [1.165, 1.54) is 6.26 Å². The molecule has 0 N–H and O–H groups in total. The zero-order valence-electron chi connectivity index (χ0n) is 15.4.